The molecule has 1 amide bonds. The predicted molar refractivity (Wildman–Crippen MR) is 80.5 cm³/mol. The Morgan fingerprint density at radius 3 is 2.32 bits per heavy atom. The molecule has 0 aliphatic carbocycles. The molecule has 22 heavy (non-hydrogen) atoms. The van der Waals surface area contributed by atoms with Crippen LogP contribution in [0.5, 0.6) is 17.2 Å². The molecular weight excluding hydrogens is 289 g/mol. The average molecular weight is 305 g/mol. The summed E-state index contributed by atoms with van der Waals surface area (Å²) in [6.45, 7) is 0. The first kappa shape index (κ1) is 15.6. The zero-order chi connectivity index (χ0) is 16.1. The van der Waals surface area contributed by atoms with Gasteiger partial charge in [0.25, 0.3) is 5.91 Å². The van der Waals surface area contributed by atoms with Crippen LogP contribution >= 0.6 is 0 Å². The monoisotopic (exact) mass is 305 g/mol. The Kier molecular flexibility index (Phi) is 4.83. The van der Waals surface area contributed by atoms with Crippen LogP contribution in [0.3, 0.4) is 0 Å². The number of anilines is 1. The maximum absolute atomic E-state index is 13.4. The van der Waals surface area contributed by atoms with Gasteiger partial charge in [-0.3, -0.25) is 4.79 Å². The van der Waals surface area contributed by atoms with E-state index in [1.807, 2.05) is 0 Å². The van der Waals surface area contributed by atoms with Crippen molar-refractivity contribution in [3.8, 4) is 17.2 Å². The molecule has 0 bridgehead atoms. The molecule has 2 aromatic rings. The highest BCUT2D eigenvalue weighted by Crippen LogP contribution is 2.30. The van der Waals surface area contributed by atoms with Crippen LogP contribution in [0.25, 0.3) is 0 Å². The number of hydrogen-bond acceptors (Lipinski definition) is 4. The third-order valence-electron chi connectivity index (χ3n) is 3.06. The van der Waals surface area contributed by atoms with Gasteiger partial charge in [0.1, 0.15) is 23.1 Å². The lowest BCUT2D eigenvalue weighted by atomic mass is 10.1. The average Bonchev–Trinajstić information content (AvgIpc) is 2.55. The first-order valence-corrected chi connectivity index (χ1v) is 6.46. The minimum absolute atomic E-state index is 0.0976. The molecule has 0 saturated heterocycles. The highest BCUT2D eigenvalue weighted by molar-refractivity contribution is 6.06. The summed E-state index contributed by atoms with van der Waals surface area (Å²) >= 11 is 0. The fraction of sp³-hybridized carbons (Fsp3) is 0.188. The first-order chi connectivity index (χ1) is 10.6. The fourth-order valence-corrected chi connectivity index (χ4v) is 1.95. The smallest absolute Gasteiger partial charge is 0.259 e. The van der Waals surface area contributed by atoms with E-state index in [9.17, 15) is 9.18 Å². The van der Waals surface area contributed by atoms with Crippen LogP contribution in [0.15, 0.2) is 36.4 Å². The molecule has 0 aliphatic heterocycles. The van der Waals surface area contributed by atoms with Gasteiger partial charge in [-0.1, -0.05) is 0 Å². The van der Waals surface area contributed by atoms with Crippen molar-refractivity contribution in [3.05, 3.63) is 47.8 Å². The Morgan fingerprint density at radius 1 is 0.955 bits per heavy atom. The van der Waals surface area contributed by atoms with Crippen molar-refractivity contribution in [2.24, 2.45) is 0 Å². The third-order valence-corrected chi connectivity index (χ3v) is 3.06. The van der Waals surface area contributed by atoms with Gasteiger partial charge in [-0.05, 0) is 30.3 Å². The van der Waals surface area contributed by atoms with E-state index in [2.05, 4.69) is 5.32 Å². The summed E-state index contributed by atoms with van der Waals surface area (Å²) in [7, 11) is 4.43. The van der Waals surface area contributed by atoms with Gasteiger partial charge in [-0.2, -0.15) is 0 Å². The number of carbonyl (C=O) groups excluding carboxylic acids is 1. The van der Waals surface area contributed by atoms with E-state index in [1.165, 1.54) is 33.5 Å². The topological polar surface area (TPSA) is 56.8 Å². The van der Waals surface area contributed by atoms with Gasteiger partial charge in [0.05, 0.1) is 32.6 Å². The molecule has 2 rings (SSSR count). The van der Waals surface area contributed by atoms with Gasteiger partial charge in [0, 0.05) is 6.07 Å². The molecule has 0 fully saturated rings. The van der Waals surface area contributed by atoms with Crippen LogP contribution in [0.2, 0.25) is 0 Å². The van der Waals surface area contributed by atoms with Gasteiger partial charge in [0.15, 0.2) is 0 Å². The van der Waals surface area contributed by atoms with E-state index < -0.39 is 11.7 Å². The third kappa shape index (κ3) is 3.28. The SMILES string of the molecule is COc1ccc(NC(=O)c2cc(F)ccc2OC)c(OC)c1. The van der Waals surface area contributed by atoms with E-state index in [-0.39, 0.29) is 11.3 Å². The molecule has 0 radical (unpaired) electrons. The Hall–Kier alpha value is -2.76. The van der Waals surface area contributed by atoms with Crippen LogP contribution in [0.1, 0.15) is 10.4 Å². The van der Waals surface area contributed by atoms with Crippen LogP contribution < -0.4 is 19.5 Å². The molecule has 0 spiro atoms. The number of methoxy groups -OCH3 is 3. The normalized spacial score (nSPS) is 10.0. The number of amides is 1. The highest BCUT2D eigenvalue weighted by Gasteiger charge is 2.15. The van der Waals surface area contributed by atoms with Gasteiger partial charge in [-0.15, -0.1) is 0 Å². The van der Waals surface area contributed by atoms with E-state index in [1.54, 1.807) is 18.2 Å². The Morgan fingerprint density at radius 2 is 1.68 bits per heavy atom. The molecule has 0 unspecified atom stereocenters. The van der Waals surface area contributed by atoms with Crippen LogP contribution in [0.4, 0.5) is 10.1 Å². The molecule has 6 heteroatoms. The van der Waals surface area contributed by atoms with Crippen molar-refractivity contribution in [3.63, 3.8) is 0 Å². The minimum atomic E-state index is -0.521. The lowest BCUT2D eigenvalue weighted by Gasteiger charge is -2.13. The molecule has 1 N–H and O–H groups in total. The lowest BCUT2D eigenvalue weighted by Crippen LogP contribution is -2.14. The molecular formula is C16H16FNO4. The zero-order valence-corrected chi connectivity index (χ0v) is 12.5. The summed E-state index contributed by atoms with van der Waals surface area (Å²) in [5, 5.41) is 2.66. The van der Waals surface area contributed by atoms with Gasteiger partial charge in [0.2, 0.25) is 0 Å². The van der Waals surface area contributed by atoms with Crippen molar-refractivity contribution in [1.82, 2.24) is 0 Å². The number of rotatable bonds is 5. The number of hydrogen-bond donors (Lipinski definition) is 1. The van der Waals surface area contributed by atoms with Crippen LogP contribution in [0, 0.1) is 5.82 Å². The molecule has 0 aliphatic rings. The molecule has 116 valence electrons. The summed E-state index contributed by atoms with van der Waals surface area (Å²) < 4.78 is 28.7. The van der Waals surface area contributed by atoms with E-state index in [4.69, 9.17) is 14.2 Å². The predicted octanol–water partition coefficient (Wildman–Crippen LogP) is 3.10. The number of ether oxygens (including phenoxy) is 3. The molecule has 0 aromatic heterocycles. The Balaban J connectivity index is 2.31. The zero-order valence-electron chi connectivity index (χ0n) is 12.5. The quantitative estimate of drug-likeness (QED) is 0.922. The van der Waals surface area contributed by atoms with Crippen molar-refractivity contribution in [2.45, 2.75) is 0 Å². The molecule has 5 nitrogen and oxygen atoms in total. The van der Waals surface area contributed by atoms with E-state index in [0.29, 0.717) is 17.2 Å². The van der Waals surface area contributed by atoms with Gasteiger partial charge in [-0.25, -0.2) is 4.39 Å². The highest BCUT2D eigenvalue weighted by atomic mass is 19.1. The summed E-state index contributed by atoms with van der Waals surface area (Å²) in [5.74, 6) is 0.292. The standard InChI is InChI=1S/C16H16FNO4/c1-20-11-5-6-13(15(9-11)22-3)18-16(19)12-8-10(17)4-7-14(12)21-2/h4-9H,1-3H3,(H,18,19). The van der Waals surface area contributed by atoms with Crippen molar-refractivity contribution in [1.29, 1.82) is 0 Å². The largest absolute Gasteiger partial charge is 0.497 e. The molecule has 0 saturated carbocycles. The van der Waals surface area contributed by atoms with Crippen molar-refractivity contribution < 1.29 is 23.4 Å². The van der Waals surface area contributed by atoms with Crippen molar-refractivity contribution in [2.75, 3.05) is 26.6 Å². The maximum atomic E-state index is 13.4. The minimum Gasteiger partial charge on any atom is -0.497 e. The van der Waals surface area contributed by atoms with Crippen LogP contribution in [-0.4, -0.2) is 27.2 Å². The number of nitrogens with one attached hydrogen (secondary N) is 1. The first-order valence-electron chi connectivity index (χ1n) is 6.46. The maximum Gasteiger partial charge on any atom is 0.259 e. The van der Waals surface area contributed by atoms with Gasteiger partial charge >= 0.3 is 0 Å². The van der Waals surface area contributed by atoms with Crippen LogP contribution in [-0.2, 0) is 0 Å². The van der Waals surface area contributed by atoms with E-state index in [0.717, 1.165) is 6.07 Å². The lowest BCUT2D eigenvalue weighted by molar-refractivity contribution is 0.102. The summed E-state index contributed by atoms with van der Waals surface area (Å²) in [6, 6.07) is 8.70. The fourth-order valence-electron chi connectivity index (χ4n) is 1.95. The number of carbonyl (C=O) groups is 1. The molecule has 0 atom stereocenters. The Labute approximate surface area is 127 Å². The second-order valence-corrected chi connectivity index (χ2v) is 4.36. The number of halogens is 1. The van der Waals surface area contributed by atoms with E-state index >= 15 is 0 Å². The Bertz CT molecular complexity index is 688. The molecule has 2 aromatic carbocycles. The molecule has 0 heterocycles. The van der Waals surface area contributed by atoms with Gasteiger partial charge < -0.3 is 19.5 Å². The van der Waals surface area contributed by atoms with Crippen molar-refractivity contribution >= 4 is 11.6 Å². The second kappa shape index (κ2) is 6.80. The summed E-state index contributed by atoms with van der Waals surface area (Å²) in [6.07, 6.45) is 0. The second-order valence-electron chi connectivity index (χ2n) is 4.36. The number of benzene rings is 2. The summed E-state index contributed by atoms with van der Waals surface area (Å²) in [5.41, 5.74) is 0.542. The summed E-state index contributed by atoms with van der Waals surface area (Å²) in [4.78, 5) is 12.3.